The normalized spacial score (nSPS) is 21.7. The molecule has 0 aliphatic carbocycles. The topological polar surface area (TPSA) is 64.8 Å². The summed E-state index contributed by atoms with van der Waals surface area (Å²) in [4.78, 5) is 13.9. The zero-order valence-corrected chi connectivity index (χ0v) is 12.0. The van der Waals surface area contributed by atoms with Crippen molar-refractivity contribution in [1.29, 1.82) is 0 Å². The molecular formula is C15H22N2O3. The summed E-state index contributed by atoms with van der Waals surface area (Å²) >= 11 is 0. The van der Waals surface area contributed by atoms with E-state index in [1.807, 2.05) is 14.0 Å². The van der Waals surface area contributed by atoms with Crippen LogP contribution in [0.3, 0.4) is 0 Å². The van der Waals surface area contributed by atoms with Gasteiger partial charge in [-0.1, -0.05) is 0 Å². The maximum Gasteiger partial charge on any atom is 0.226 e. The van der Waals surface area contributed by atoms with Crippen molar-refractivity contribution in [3.8, 4) is 5.75 Å². The quantitative estimate of drug-likeness (QED) is 0.832. The molecule has 2 unspecified atom stereocenters. The lowest BCUT2D eigenvalue weighted by Crippen LogP contribution is -2.41. The first-order chi connectivity index (χ1) is 9.58. The minimum atomic E-state index is 0.0859. The molecule has 1 amide bonds. The Balaban J connectivity index is 1.76. The number of hydrogen-bond acceptors (Lipinski definition) is 4. The van der Waals surface area contributed by atoms with Gasteiger partial charge in [0.2, 0.25) is 5.91 Å². The van der Waals surface area contributed by atoms with Crippen molar-refractivity contribution in [3.05, 3.63) is 24.3 Å². The molecule has 0 saturated carbocycles. The first-order valence-electron chi connectivity index (χ1n) is 6.93. The molecule has 2 N–H and O–H groups in total. The minimum Gasteiger partial charge on any atom is -0.493 e. The summed E-state index contributed by atoms with van der Waals surface area (Å²) < 4.78 is 11.0. The molecule has 0 spiro atoms. The Morgan fingerprint density at radius 2 is 2.15 bits per heavy atom. The Morgan fingerprint density at radius 3 is 2.75 bits per heavy atom. The van der Waals surface area contributed by atoms with Crippen LogP contribution in [-0.2, 0) is 9.53 Å². The highest BCUT2D eigenvalue weighted by atomic mass is 16.5. The zero-order chi connectivity index (χ0) is 14.5. The molecule has 2 rings (SSSR count). The molecule has 1 heterocycles. The van der Waals surface area contributed by atoms with Crippen LogP contribution in [-0.4, -0.2) is 43.2 Å². The van der Waals surface area contributed by atoms with E-state index in [9.17, 15) is 4.79 Å². The molecule has 110 valence electrons. The van der Waals surface area contributed by atoms with Gasteiger partial charge in [-0.05, 0) is 37.6 Å². The third-order valence-electron chi connectivity index (χ3n) is 3.69. The van der Waals surface area contributed by atoms with E-state index >= 15 is 0 Å². The van der Waals surface area contributed by atoms with Gasteiger partial charge in [0.05, 0.1) is 25.2 Å². The molecule has 2 atom stereocenters. The second-order valence-corrected chi connectivity index (χ2v) is 5.10. The van der Waals surface area contributed by atoms with Gasteiger partial charge < -0.3 is 20.1 Å². The molecule has 1 aromatic rings. The van der Waals surface area contributed by atoms with E-state index in [4.69, 9.17) is 15.2 Å². The number of anilines is 1. The van der Waals surface area contributed by atoms with Crippen LogP contribution in [0.25, 0.3) is 0 Å². The van der Waals surface area contributed by atoms with Gasteiger partial charge in [0.15, 0.2) is 0 Å². The first kappa shape index (κ1) is 14.7. The Morgan fingerprint density at radius 1 is 1.45 bits per heavy atom. The minimum absolute atomic E-state index is 0.0859. The summed E-state index contributed by atoms with van der Waals surface area (Å²) in [6.07, 6.45) is 1.38. The monoisotopic (exact) mass is 278 g/mol. The van der Waals surface area contributed by atoms with Crippen LogP contribution >= 0.6 is 0 Å². The highest BCUT2D eigenvalue weighted by Gasteiger charge is 2.30. The summed E-state index contributed by atoms with van der Waals surface area (Å²) in [6, 6.07) is 7.34. The van der Waals surface area contributed by atoms with Crippen LogP contribution in [0.2, 0.25) is 0 Å². The van der Waals surface area contributed by atoms with E-state index in [-0.39, 0.29) is 18.1 Å². The van der Waals surface area contributed by atoms with Crippen LogP contribution in [0.15, 0.2) is 24.3 Å². The van der Waals surface area contributed by atoms with Gasteiger partial charge in [0.1, 0.15) is 5.75 Å². The number of carbonyl (C=O) groups excluding carboxylic acids is 1. The number of nitrogens with zero attached hydrogens (tertiary/aromatic N) is 1. The predicted molar refractivity (Wildman–Crippen MR) is 77.6 cm³/mol. The van der Waals surface area contributed by atoms with E-state index < -0.39 is 0 Å². The Kier molecular flexibility index (Phi) is 4.84. The second-order valence-electron chi connectivity index (χ2n) is 5.10. The third-order valence-corrected chi connectivity index (χ3v) is 3.69. The molecule has 1 aromatic carbocycles. The van der Waals surface area contributed by atoms with Crippen LogP contribution in [0, 0.1) is 0 Å². The first-order valence-corrected chi connectivity index (χ1v) is 6.93. The number of nitrogen functional groups attached to an aromatic ring is 1. The molecule has 20 heavy (non-hydrogen) atoms. The van der Waals surface area contributed by atoms with Crippen LogP contribution in [0.5, 0.6) is 5.75 Å². The van der Waals surface area contributed by atoms with E-state index in [0.717, 1.165) is 18.8 Å². The van der Waals surface area contributed by atoms with Gasteiger partial charge in [-0.3, -0.25) is 4.79 Å². The van der Waals surface area contributed by atoms with E-state index in [1.165, 1.54) is 0 Å². The summed E-state index contributed by atoms with van der Waals surface area (Å²) in [6.45, 7) is 3.10. The van der Waals surface area contributed by atoms with Gasteiger partial charge in [0, 0.05) is 19.3 Å². The summed E-state index contributed by atoms with van der Waals surface area (Å²) in [5.41, 5.74) is 6.30. The van der Waals surface area contributed by atoms with Crippen molar-refractivity contribution < 1.29 is 14.3 Å². The molecule has 5 heteroatoms. The number of likely N-dealkylation sites (N-methyl/N-ethyl adjacent to an activating group) is 1. The SMILES string of the molecule is CC1OCCC1N(C)C(=O)CCOc1ccc(N)cc1. The van der Waals surface area contributed by atoms with Crippen LogP contribution < -0.4 is 10.5 Å². The fraction of sp³-hybridized carbons (Fsp3) is 0.533. The average Bonchev–Trinajstić information content (AvgIpc) is 2.86. The molecule has 1 aliphatic heterocycles. The highest BCUT2D eigenvalue weighted by Crippen LogP contribution is 2.19. The second kappa shape index (κ2) is 6.61. The molecule has 0 radical (unpaired) electrons. The third kappa shape index (κ3) is 3.63. The lowest BCUT2D eigenvalue weighted by molar-refractivity contribution is -0.133. The standard InChI is InChI=1S/C15H22N2O3/c1-11-14(7-9-19-11)17(2)15(18)8-10-20-13-5-3-12(16)4-6-13/h3-6,11,14H,7-10,16H2,1-2H3. The number of carbonyl (C=O) groups is 1. The zero-order valence-electron chi connectivity index (χ0n) is 12.0. The number of ether oxygens (including phenoxy) is 2. The molecule has 0 bridgehead atoms. The fourth-order valence-electron chi connectivity index (χ4n) is 2.41. The number of hydrogen-bond donors (Lipinski definition) is 1. The predicted octanol–water partition coefficient (Wildman–Crippen LogP) is 1.67. The van der Waals surface area contributed by atoms with Crippen molar-refractivity contribution in [2.45, 2.75) is 31.9 Å². The Hall–Kier alpha value is -1.75. The number of nitrogens with two attached hydrogens (primary N) is 1. The largest absolute Gasteiger partial charge is 0.493 e. The molecule has 5 nitrogen and oxygen atoms in total. The maximum absolute atomic E-state index is 12.1. The van der Waals surface area contributed by atoms with E-state index in [0.29, 0.717) is 18.7 Å². The number of benzene rings is 1. The smallest absolute Gasteiger partial charge is 0.226 e. The van der Waals surface area contributed by atoms with Crippen LogP contribution in [0.1, 0.15) is 19.8 Å². The Bertz CT molecular complexity index is 447. The molecular weight excluding hydrogens is 256 g/mol. The summed E-state index contributed by atoms with van der Waals surface area (Å²) in [5.74, 6) is 0.815. The summed E-state index contributed by atoms with van der Waals surface area (Å²) in [7, 11) is 1.83. The molecule has 0 aromatic heterocycles. The lowest BCUT2D eigenvalue weighted by atomic mass is 10.1. The van der Waals surface area contributed by atoms with Crippen molar-refractivity contribution in [2.75, 3.05) is 26.0 Å². The van der Waals surface area contributed by atoms with Crippen molar-refractivity contribution in [1.82, 2.24) is 4.90 Å². The van der Waals surface area contributed by atoms with Gasteiger partial charge in [-0.2, -0.15) is 0 Å². The van der Waals surface area contributed by atoms with Gasteiger partial charge in [-0.15, -0.1) is 0 Å². The fourth-order valence-corrected chi connectivity index (χ4v) is 2.41. The Labute approximate surface area is 119 Å². The molecule has 1 fully saturated rings. The van der Waals surface area contributed by atoms with E-state index in [2.05, 4.69) is 0 Å². The van der Waals surface area contributed by atoms with Crippen molar-refractivity contribution >= 4 is 11.6 Å². The summed E-state index contributed by atoms with van der Waals surface area (Å²) in [5, 5.41) is 0. The number of amides is 1. The van der Waals surface area contributed by atoms with Gasteiger partial charge in [-0.25, -0.2) is 0 Å². The van der Waals surface area contributed by atoms with Gasteiger partial charge >= 0.3 is 0 Å². The highest BCUT2D eigenvalue weighted by molar-refractivity contribution is 5.76. The van der Waals surface area contributed by atoms with Crippen LogP contribution in [0.4, 0.5) is 5.69 Å². The maximum atomic E-state index is 12.1. The average molecular weight is 278 g/mol. The lowest BCUT2D eigenvalue weighted by Gasteiger charge is -2.26. The number of rotatable bonds is 5. The molecule has 1 saturated heterocycles. The van der Waals surface area contributed by atoms with E-state index in [1.54, 1.807) is 29.2 Å². The molecule has 1 aliphatic rings. The van der Waals surface area contributed by atoms with Crippen molar-refractivity contribution in [3.63, 3.8) is 0 Å². The van der Waals surface area contributed by atoms with Crippen molar-refractivity contribution in [2.24, 2.45) is 0 Å². The van der Waals surface area contributed by atoms with Gasteiger partial charge in [0.25, 0.3) is 0 Å².